The van der Waals surface area contributed by atoms with Crippen LogP contribution in [0.2, 0.25) is 0 Å². The number of ether oxygens (including phenoxy) is 1. The predicted molar refractivity (Wildman–Crippen MR) is 88.8 cm³/mol. The third-order valence-corrected chi connectivity index (χ3v) is 4.33. The van der Waals surface area contributed by atoms with Gasteiger partial charge in [-0.15, -0.1) is 0 Å². The molecule has 2 atom stereocenters. The van der Waals surface area contributed by atoms with Crippen LogP contribution < -0.4 is 5.32 Å². The molecule has 1 N–H and O–H groups in total. The molecule has 1 unspecified atom stereocenters. The Morgan fingerprint density at radius 1 is 1.28 bits per heavy atom. The number of nitrogens with one attached hydrogen (secondary N) is 1. The summed E-state index contributed by atoms with van der Waals surface area (Å²) in [4.78, 5) is 16.3. The van der Waals surface area contributed by atoms with Crippen LogP contribution >= 0.6 is 0 Å². The second-order valence-electron chi connectivity index (χ2n) is 6.12. The van der Waals surface area contributed by atoms with Crippen molar-refractivity contribution < 1.29 is 18.3 Å². The molecule has 1 fully saturated rings. The zero-order chi connectivity index (χ0) is 17.6. The molecule has 0 saturated carbocycles. The average molecular weight is 346 g/mol. The van der Waals surface area contributed by atoms with Crippen molar-refractivity contribution in [3.05, 3.63) is 65.5 Å². The van der Waals surface area contributed by atoms with Crippen LogP contribution in [0.15, 0.2) is 42.7 Å². The third-order valence-electron chi connectivity index (χ3n) is 4.33. The van der Waals surface area contributed by atoms with E-state index in [0.717, 1.165) is 37.6 Å². The molecule has 132 valence electrons. The summed E-state index contributed by atoms with van der Waals surface area (Å²) in [5.41, 5.74) is 0.738. The largest absolute Gasteiger partial charge is 0.378 e. The number of rotatable bonds is 6. The fraction of sp³-hybridized carbons (Fsp3) is 0.368. The molecule has 6 heteroatoms. The maximum absolute atomic E-state index is 14.2. The minimum absolute atomic E-state index is 0.0941. The molecule has 1 aromatic heterocycles. The van der Waals surface area contributed by atoms with Gasteiger partial charge in [0, 0.05) is 31.0 Å². The number of carbonyl (C=O) groups excluding carboxylic acids is 1. The van der Waals surface area contributed by atoms with E-state index in [1.807, 2.05) is 0 Å². The molecule has 0 radical (unpaired) electrons. The van der Waals surface area contributed by atoms with Gasteiger partial charge in [-0.05, 0) is 55.2 Å². The molecular weight excluding hydrogens is 326 g/mol. The van der Waals surface area contributed by atoms with Crippen molar-refractivity contribution in [2.45, 2.75) is 37.8 Å². The lowest BCUT2D eigenvalue weighted by Crippen LogP contribution is -2.30. The van der Waals surface area contributed by atoms with Crippen molar-refractivity contribution in [2.75, 3.05) is 6.61 Å². The van der Waals surface area contributed by atoms with Gasteiger partial charge in [0.15, 0.2) is 0 Å². The quantitative estimate of drug-likeness (QED) is 0.871. The minimum atomic E-state index is -0.768. The van der Waals surface area contributed by atoms with E-state index in [4.69, 9.17) is 4.74 Å². The van der Waals surface area contributed by atoms with E-state index in [9.17, 15) is 13.6 Å². The second kappa shape index (κ2) is 8.16. The molecule has 25 heavy (non-hydrogen) atoms. The highest BCUT2D eigenvalue weighted by Gasteiger charge is 2.22. The Bertz CT molecular complexity index is 719. The number of aromatic nitrogens is 1. The van der Waals surface area contributed by atoms with Crippen LogP contribution in [0.3, 0.4) is 0 Å². The SMILES string of the molecule is O=C(CC[C@H]1CCCO1)NC(c1ccncc1)c1cc(F)ccc1F. The average Bonchev–Trinajstić information content (AvgIpc) is 3.14. The summed E-state index contributed by atoms with van der Waals surface area (Å²) < 4.78 is 33.4. The fourth-order valence-electron chi connectivity index (χ4n) is 3.03. The normalized spacial score (nSPS) is 18.1. The Morgan fingerprint density at radius 2 is 2.08 bits per heavy atom. The van der Waals surface area contributed by atoms with Crippen LogP contribution in [0.5, 0.6) is 0 Å². The third kappa shape index (κ3) is 4.60. The number of nitrogens with zero attached hydrogens (tertiary/aromatic N) is 1. The summed E-state index contributed by atoms with van der Waals surface area (Å²) in [6, 6.07) is 5.82. The standard InChI is InChI=1S/C19H20F2N2O2/c20-14-3-5-17(21)16(12-14)19(13-7-9-22-10-8-13)23-18(24)6-4-15-2-1-11-25-15/h3,5,7-10,12,15,19H,1-2,4,6,11H2,(H,23,24)/t15-,19?/m1/s1. The second-order valence-corrected chi connectivity index (χ2v) is 6.12. The molecule has 1 amide bonds. The Morgan fingerprint density at radius 3 is 2.80 bits per heavy atom. The van der Waals surface area contributed by atoms with E-state index in [-0.39, 0.29) is 24.0 Å². The Balaban J connectivity index is 1.77. The summed E-state index contributed by atoms with van der Waals surface area (Å²) in [7, 11) is 0. The van der Waals surface area contributed by atoms with Crippen molar-refractivity contribution in [2.24, 2.45) is 0 Å². The molecule has 1 aliphatic rings. The number of hydrogen-bond donors (Lipinski definition) is 1. The number of amides is 1. The van der Waals surface area contributed by atoms with Crippen LogP contribution in [-0.2, 0) is 9.53 Å². The first-order valence-corrected chi connectivity index (χ1v) is 8.39. The van der Waals surface area contributed by atoms with Gasteiger partial charge in [0.05, 0.1) is 12.1 Å². The highest BCUT2D eigenvalue weighted by Crippen LogP contribution is 2.25. The zero-order valence-corrected chi connectivity index (χ0v) is 13.8. The maximum atomic E-state index is 14.2. The molecule has 1 aromatic carbocycles. The van der Waals surface area contributed by atoms with Crippen molar-refractivity contribution in [1.82, 2.24) is 10.3 Å². The molecule has 2 heterocycles. The van der Waals surface area contributed by atoms with Crippen LogP contribution in [0.25, 0.3) is 0 Å². The van der Waals surface area contributed by atoms with Crippen LogP contribution in [0, 0.1) is 11.6 Å². The Kier molecular flexibility index (Phi) is 5.71. The molecule has 0 aliphatic carbocycles. The first kappa shape index (κ1) is 17.5. The van der Waals surface area contributed by atoms with Gasteiger partial charge in [-0.1, -0.05) is 0 Å². The lowest BCUT2D eigenvalue weighted by Gasteiger charge is -2.21. The first-order chi connectivity index (χ1) is 12.1. The minimum Gasteiger partial charge on any atom is -0.378 e. The van der Waals surface area contributed by atoms with E-state index >= 15 is 0 Å². The molecule has 2 aromatic rings. The summed E-state index contributed by atoms with van der Waals surface area (Å²) in [5, 5.41) is 2.81. The van der Waals surface area contributed by atoms with Crippen molar-refractivity contribution in [3.63, 3.8) is 0 Å². The smallest absolute Gasteiger partial charge is 0.220 e. The zero-order valence-electron chi connectivity index (χ0n) is 13.8. The Hall–Kier alpha value is -2.34. The van der Waals surface area contributed by atoms with Crippen molar-refractivity contribution in [3.8, 4) is 0 Å². The molecule has 1 aliphatic heterocycles. The molecule has 3 rings (SSSR count). The fourth-order valence-corrected chi connectivity index (χ4v) is 3.03. The summed E-state index contributed by atoms with van der Waals surface area (Å²) in [6.07, 6.45) is 6.09. The van der Waals surface area contributed by atoms with E-state index in [0.29, 0.717) is 12.0 Å². The maximum Gasteiger partial charge on any atom is 0.220 e. The number of pyridine rings is 1. The number of benzene rings is 1. The van der Waals surface area contributed by atoms with Gasteiger partial charge in [-0.25, -0.2) is 8.78 Å². The summed E-state index contributed by atoms with van der Waals surface area (Å²) in [6.45, 7) is 0.737. The molecule has 0 spiro atoms. The topological polar surface area (TPSA) is 51.2 Å². The monoisotopic (exact) mass is 346 g/mol. The lowest BCUT2D eigenvalue weighted by atomic mass is 9.98. The van der Waals surface area contributed by atoms with Gasteiger partial charge >= 0.3 is 0 Å². The van der Waals surface area contributed by atoms with Crippen LogP contribution in [-0.4, -0.2) is 23.6 Å². The van der Waals surface area contributed by atoms with Gasteiger partial charge < -0.3 is 10.1 Å². The van der Waals surface area contributed by atoms with Crippen LogP contribution in [0.1, 0.15) is 42.9 Å². The van der Waals surface area contributed by atoms with Gasteiger partial charge in [-0.2, -0.15) is 0 Å². The summed E-state index contributed by atoms with van der Waals surface area (Å²) in [5.74, 6) is -1.34. The molecule has 0 bridgehead atoms. The van der Waals surface area contributed by atoms with E-state index in [1.165, 1.54) is 0 Å². The predicted octanol–water partition coefficient (Wildman–Crippen LogP) is 3.52. The summed E-state index contributed by atoms with van der Waals surface area (Å²) >= 11 is 0. The number of halogens is 2. The highest BCUT2D eigenvalue weighted by molar-refractivity contribution is 5.77. The van der Waals surface area contributed by atoms with Gasteiger partial charge in [0.25, 0.3) is 0 Å². The molecule has 1 saturated heterocycles. The van der Waals surface area contributed by atoms with E-state index in [1.54, 1.807) is 24.5 Å². The van der Waals surface area contributed by atoms with E-state index in [2.05, 4.69) is 10.3 Å². The highest BCUT2D eigenvalue weighted by atomic mass is 19.1. The van der Waals surface area contributed by atoms with Gasteiger partial charge in [0.2, 0.25) is 5.91 Å². The molecular formula is C19H20F2N2O2. The number of carbonyl (C=O) groups is 1. The number of hydrogen-bond acceptors (Lipinski definition) is 3. The van der Waals surface area contributed by atoms with Crippen molar-refractivity contribution in [1.29, 1.82) is 0 Å². The van der Waals surface area contributed by atoms with Crippen LogP contribution in [0.4, 0.5) is 8.78 Å². The van der Waals surface area contributed by atoms with Crippen molar-refractivity contribution >= 4 is 5.91 Å². The van der Waals surface area contributed by atoms with E-state index < -0.39 is 17.7 Å². The van der Waals surface area contributed by atoms with Gasteiger partial charge in [-0.3, -0.25) is 9.78 Å². The first-order valence-electron chi connectivity index (χ1n) is 8.39. The molecule has 4 nitrogen and oxygen atoms in total. The Labute approximate surface area is 145 Å². The lowest BCUT2D eigenvalue weighted by molar-refractivity contribution is -0.122. The van der Waals surface area contributed by atoms with Gasteiger partial charge in [0.1, 0.15) is 11.6 Å².